The first-order chi connectivity index (χ1) is 16.9. The van der Waals surface area contributed by atoms with Gasteiger partial charge in [0.15, 0.2) is 5.78 Å². The molecule has 4 aromatic rings. The lowest BCUT2D eigenvalue weighted by molar-refractivity contribution is 0.103. The Morgan fingerprint density at radius 3 is 2.66 bits per heavy atom. The van der Waals surface area contributed by atoms with Crippen LogP contribution in [0.5, 0.6) is 11.5 Å². The van der Waals surface area contributed by atoms with Gasteiger partial charge in [-0.15, -0.1) is 0 Å². The molecule has 0 bridgehead atoms. The van der Waals surface area contributed by atoms with Crippen LogP contribution in [0.3, 0.4) is 0 Å². The summed E-state index contributed by atoms with van der Waals surface area (Å²) >= 11 is 6.40. The molecule has 0 N–H and O–H groups in total. The van der Waals surface area contributed by atoms with E-state index in [0.29, 0.717) is 23.6 Å². The molecular weight excluding hydrogens is 458 g/mol. The molecule has 0 saturated carbocycles. The maximum atomic E-state index is 13.3. The number of hydrogen-bond acceptors (Lipinski definition) is 3. The first-order valence-electron chi connectivity index (χ1n) is 11.5. The molecule has 0 aliphatic carbocycles. The molecule has 0 amide bonds. The third-order valence-corrected chi connectivity index (χ3v) is 6.56. The third-order valence-electron chi connectivity index (χ3n) is 6.19. The number of methoxy groups -OCH3 is 1. The van der Waals surface area contributed by atoms with Gasteiger partial charge in [0, 0.05) is 34.2 Å². The number of halogens is 1. The summed E-state index contributed by atoms with van der Waals surface area (Å²) in [4.78, 5) is 13.3. The minimum atomic E-state index is -0.510. The van der Waals surface area contributed by atoms with E-state index in [-0.39, 0.29) is 5.78 Å². The van der Waals surface area contributed by atoms with Gasteiger partial charge >= 0.3 is 0 Å². The molecule has 0 atom stereocenters. The molecule has 0 spiro atoms. The van der Waals surface area contributed by atoms with E-state index in [1.165, 1.54) is 0 Å². The van der Waals surface area contributed by atoms with Gasteiger partial charge in [-0.3, -0.25) is 4.79 Å². The quantitative estimate of drug-likeness (QED) is 0.211. The Bertz CT molecular complexity index is 1490. The van der Waals surface area contributed by atoms with Crippen LogP contribution in [-0.2, 0) is 6.54 Å². The highest BCUT2D eigenvalue weighted by atomic mass is 35.5. The van der Waals surface area contributed by atoms with Crippen LogP contribution < -0.4 is 9.47 Å². The first-order valence-corrected chi connectivity index (χ1v) is 11.9. The summed E-state index contributed by atoms with van der Waals surface area (Å²) in [5.74, 6) is 1.10. The zero-order chi connectivity index (χ0) is 24.6. The molecule has 0 saturated heterocycles. The summed E-state index contributed by atoms with van der Waals surface area (Å²) in [7, 11) is 1.61. The molecular formula is C30H26ClNO3. The van der Waals surface area contributed by atoms with Crippen LogP contribution in [-0.4, -0.2) is 23.1 Å². The fraction of sp³-hybridized carbons (Fsp3) is 0.167. The SMILES string of the molecule is COc1ccc(C(=O)/C=C/c2cn(Cc3ccccc3Cl)c3ccccc23)c2c1C=CC(C)(C)O2. The second kappa shape index (κ2) is 9.12. The molecule has 176 valence electrons. The predicted molar refractivity (Wildman–Crippen MR) is 143 cm³/mol. The average molecular weight is 484 g/mol. The Morgan fingerprint density at radius 2 is 1.86 bits per heavy atom. The lowest BCUT2D eigenvalue weighted by atomic mass is 9.97. The minimum absolute atomic E-state index is 0.127. The average Bonchev–Trinajstić information content (AvgIpc) is 3.20. The summed E-state index contributed by atoms with van der Waals surface area (Å²) in [6.07, 6.45) is 9.46. The van der Waals surface area contributed by atoms with Crippen molar-refractivity contribution in [1.29, 1.82) is 0 Å². The van der Waals surface area contributed by atoms with Gasteiger partial charge < -0.3 is 14.0 Å². The van der Waals surface area contributed by atoms with Crippen molar-refractivity contribution < 1.29 is 14.3 Å². The smallest absolute Gasteiger partial charge is 0.189 e. The minimum Gasteiger partial charge on any atom is -0.496 e. The highest BCUT2D eigenvalue weighted by Crippen LogP contribution is 2.40. The van der Waals surface area contributed by atoms with Crippen molar-refractivity contribution in [3.8, 4) is 11.5 Å². The molecule has 2 heterocycles. The standard InChI is InChI=1S/C30H26ClNO3/c1-30(2)17-16-24-28(34-3)15-13-23(29(24)35-30)27(33)14-12-20-18-32(26-11-7-5-9-22(20)26)19-21-8-4-6-10-25(21)31/h4-18H,19H2,1-3H3/b14-12+. The van der Waals surface area contributed by atoms with Crippen molar-refractivity contribution >= 4 is 40.4 Å². The van der Waals surface area contributed by atoms with E-state index in [0.717, 1.165) is 32.6 Å². The van der Waals surface area contributed by atoms with Gasteiger partial charge in [-0.2, -0.15) is 0 Å². The van der Waals surface area contributed by atoms with E-state index in [2.05, 4.69) is 22.9 Å². The molecule has 4 nitrogen and oxygen atoms in total. The number of nitrogens with zero attached hydrogens (tertiary/aromatic N) is 1. The van der Waals surface area contributed by atoms with Gasteiger partial charge in [0.05, 0.1) is 18.2 Å². The molecule has 3 aromatic carbocycles. The molecule has 5 heteroatoms. The Kier molecular flexibility index (Phi) is 6.00. The molecule has 0 radical (unpaired) electrons. The molecule has 5 rings (SSSR count). The van der Waals surface area contributed by atoms with E-state index in [9.17, 15) is 4.79 Å². The second-order valence-electron chi connectivity index (χ2n) is 9.12. The number of fused-ring (bicyclic) bond motifs is 2. The van der Waals surface area contributed by atoms with E-state index in [1.54, 1.807) is 25.3 Å². The van der Waals surface area contributed by atoms with Crippen molar-refractivity contribution in [2.75, 3.05) is 7.11 Å². The summed E-state index contributed by atoms with van der Waals surface area (Å²) in [6.45, 7) is 4.57. The van der Waals surface area contributed by atoms with Crippen LogP contribution in [0, 0.1) is 0 Å². The highest BCUT2D eigenvalue weighted by molar-refractivity contribution is 6.31. The molecule has 35 heavy (non-hydrogen) atoms. The number of para-hydroxylation sites is 1. The maximum absolute atomic E-state index is 13.3. The Morgan fingerprint density at radius 1 is 1.09 bits per heavy atom. The van der Waals surface area contributed by atoms with Gasteiger partial charge in [-0.25, -0.2) is 0 Å². The normalized spacial score (nSPS) is 14.2. The summed E-state index contributed by atoms with van der Waals surface area (Å²) in [6, 6.07) is 19.6. The lowest BCUT2D eigenvalue weighted by Crippen LogP contribution is -2.28. The predicted octanol–water partition coefficient (Wildman–Crippen LogP) is 7.43. The molecule has 1 aliphatic rings. The largest absolute Gasteiger partial charge is 0.496 e. The van der Waals surface area contributed by atoms with Crippen molar-refractivity contribution in [3.63, 3.8) is 0 Å². The number of hydrogen-bond donors (Lipinski definition) is 0. The number of ketones is 1. The van der Waals surface area contributed by atoms with Crippen LogP contribution in [0.4, 0.5) is 0 Å². The van der Waals surface area contributed by atoms with E-state index < -0.39 is 5.60 Å². The third kappa shape index (κ3) is 4.50. The first kappa shape index (κ1) is 23.0. The molecule has 0 fully saturated rings. The zero-order valence-electron chi connectivity index (χ0n) is 19.9. The van der Waals surface area contributed by atoms with Gasteiger partial charge in [0.1, 0.15) is 17.1 Å². The number of carbonyl (C=O) groups excluding carboxylic acids is 1. The van der Waals surface area contributed by atoms with Crippen molar-refractivity contribution in [1.82, 2.24) is 4.57 Å². The van der Waals surface area contributed by atoms with E-state index in [1.807, 2.05) is 68.5 Å². The molecule has 1 aliphatic heterocycles. The Hall–Kier alpha value is -3.76. The number of carbonyl (C=O) groups is 1. The van der Waals surface area contributed by atoms with Crippen molar-refractivity contribution in [2.45, 2.75) is 26.0 Å². The number of allylic oxidation sites excluding steroid dienone is 1. The van der Waals surface area contributed by atoms with Gasteiger partial charge in [0.2, 0.25) is 0 Å². The van der Waals surface area contributed by atoms with Gasteiger partial charge in [0.25, 0.3) is 0 Å². The maximum Gasteiger partial charge on any atom is 0.189 e. The summed E-state index contributed by atoms with van der Waals surface area (Å²) in [5.41, 5.74) is 3.86. The number of rotatable bonds is 6. The number of aromatic nitrogens is 1. The molecule has 1 aromatic heterocycles. The number of ether oxygens (including phenoxy) is 2. The van der Waals surface area contributed by atoms with Crippen molar-refractivity contribution in [2.24, 2.45) is 0 Å². The summed E-state index contributed by atoms with van der Waals surface area (Å²) < 4.78 is 13.8. The van der Waals surface area contributed by atoms with Crippen LogP contribution in [0.2, 0.25) is 5.02 Å². The van der Waals surface area contributed by atoms with Crippen LogP contribution >= 0.6 is 11.6 Å². The van der Waals surface area contributed by atoms with Gasteiger partial charge in [-0.1, -0.05) is 48.0 Å². The Balaban J connectivity index is 1.50. The number of benzene rings is 3. The fourth-order valence-corrected chi connectivity index (χ4v) is 4.60. The Labute approximate surface area is 210 Å². The van der Waals surface area contributed by atoms with Gasteiger partial charge in [-0.05, 0) is 68.0 Å². The van der Waals surface area contributed by atoms with Crippen LogP contribution in [0.25, 0.3) is 23.1 Å². The monoisotopic (exact) mass is 483 g/mol. The van der Waals surface area contributed by atoms with E-state index >= 15 is 0 Å². The zero-order valence-corrected chi connectivity index (χ0v) is 20.7. The van der Waals surface area contributed by atoms with Crippen LogP contribution in [0.1, 0.15) is 40.9 Å². The highest BCUT2D eigenvalue weighted by Gasteiger charge is 2.27. The lowest BCUT2D eigenvalue weighted by Gasteiger charge is -2.29. The van der Waals surface area contributed by atoms with E-state index in [4.69, 9.17) is 21.1 Å². The second-order valence-corrected chi connectivity index (χ2v) is 9.52. The fourth-order valence-electron chi connectivity index (χ4n) is 4.41. The van der Waals surface area contributed by atoms with Crippen LogP contribution in [0.15, 0.2) is 79.0 Å². The summed E-state index contributed by atoms with van der Waals surface area (Å²) in [5, 5.41) is 1.81. The topological polar surface area (TPSA) is 40.5 Å². The molecule has 0 unspecified atom stereocenters. The van der Waals surface area contributed by atoms with Crippen molar-refractivity contribution in [3.05, 3.63) is 106 Å².